The van der Waals surface area contributed by atoms with Crippen LogP contribution in [-0.4, -0.2) is 21.0 Å². The summed E-state index contributed by atoms with van der Waals surface area (Å²) in [6, 6.07) is 1.95. The van der Waals surface area contributed by atoms with Crippen LogP contribution in [0.25, 0.3) is 0 Å². The second kappa shape index (κ2) is 5.36. The molecule has 0 saturated heterocycles. The minimum absolute atomic E-state index is 0.0184. The van der Waals surface area contributed by atoms with E-state index in [1.165, 1.54) is 6.07 Å². The third-order valence-corrected chi connectivity index (χ3v) is 3.34. The first-order valence-corrected chi connectivity index (χ1v) is 6.30. The minimum atomic E-state index is -0.818. The fourth-order valence-electron chi connectivity index (χ4n) is 1.13. The molecule has 0 aliphatic rings. The van der Waals surface area contributed by atoms with Gasteiger partial charge in [-0.05, 0) is 32.9 Å². The number of hydrogen-bond acceptors (Lipinski definition) is 3. The van der Waals surface area contributed by atoms with Crippen molar-refractivity contribution in [3.8, 4) is 5.75 Å². The molecule has 0 aromatic heterocycles. The molecule has 2 N–H and O–H groups in total. The van der Waals surface area contributed by atoms with Crippen LogP contribution in [-0.2, 0) is 0 Å². The quantitative estimate of drug-likeness (QED) is 0.540. The maximum Gasteiger partial charge on any atom is 0.332 e. The number of carbonyl (C=O) groups excluding carboxylic acids is 1. The number of aromatic hydroxyl groups is 1. The summed E-state index contributed by atoms with van der Waals surface area (Å²) in [6.45, 7) is 5.38. The Balaban J connectivity index is 2.96. The third kappa shape index (κ3) is 3.52. The molecule has 0 unspecified atom stereocenters. The van der Waals surface area contributed by atoms with Crippen LogP contribution in [0.2, 0.25) is 0 Å². The molecule has 0 aliphatic heterocycles. The molecule has 0 spiro atoms. The Kier molecular flexibility index (Phi) is 4.50. The Morgan fingerprint density at radius 3 is 2.56 bits per heavy atom. The monoisotopic (exact) mass is 336 g/mol. The van der Waals surface area contributed by atoms with Crippen LogP contribution >= 0.6 is 28.7 Å². The first-order valence-electron chi connectivity index (χ1n) is 5.11. The lowest BCUT2D eigenvalue weighted by molar-refractivity contribution is 0.216. The second-order valence-corrected chi connectivity index (χ2v) is 6.01. The number of carbonyl (C=O) groups is 1. The van der Waals surface area contributed by atoms with E-state index in [9.17, 15) is 14.3 Å². The Morgan fingerprint density at radius 1 is 1.50 bits per heavy atom. The van der Waals surface area contributed by atoms with E-state index < -0.39 is 23.1 Å². The summed E-state index contributed by atoms with van der Waals surface area (Å²) in [7, 11) is 0. The third-order valence-electron chi connectivity index (χ3n) is 2.10. The van der Waals surface area contributed by atoms with Crippen molar-refractivity contribution in [2.75, 3.05) is 5.32 Å². The zero-order chi connectivity index (χ0) is 14.1. The summed E-state index contributed by atoms with van der Waals surface area (Å²) in [6.07, 6.45) is 0. The van der Waals surface area contributed by atoms with Crippen molar-refractivity contribution < 1.29 is 14.3 Å². The van der Waals surface area contributed by atoms with E-state index in [2.05, 4.69) is 34.1 Å². The molecule has 4 nitrogen and oxygen atoms in total. The Hall–Kier alpha value is -0.950. The number of phenolic OH excluding ortho intramolecular Hbond substituents is 1. The van der Waals surface area contributed by atoms with Crippen molar-refractivity contribution in [3.05, 3.63) is 22.4 Å². The minimum Gasteiger partial charge on any atom is -0.503 e. The predicted octanol–water partition coefficient (Wildman–Crippen LogP) is 3.77. The van der Waals surface area contributed by atoms with Gasteiger partial charge in [0, 0.05) is 10.0 Å². The summed E-state index contributed by atoms with van der Waals surface area (Å²) in [5, 5.41) is 11.9. The van der Waals surface area contributed by atoms with E-state index in [4.69, 9.17) is 0 Å². The Bertz CT molecular complexity index is 477. The first-order chi connectivity index (χ1) is 8.12. The highest BCUT2D eigenvalue weighted by atomic mass is 79.9. The van der Waals surface area contributed by atoms with E-state index in [0.29, 0.717) is 4.47 Å². The standard InChI is InChI=1S/C11H14BrFN2O2S/c1-11(2,3)15(18)10(17)14-8-5-6(12)4-7(13)9(8)16/h4-5,16,18H,1-3H3,(H,14,17). The van der Waals surface area contributed by atoms with Crippen molar-refractivity contribution in [2.24, 2.45) is 0 Å². The maximum absolute atomic E-state index is 13.3. The average Bonchev–Trinajstić information content (AvgIpc) is 2.22. The van der Waals surface area contributed by atoms with Gasteiger partial charge in [0.1, 0.15) is 0 Å². The van der Waals surface area contributed by atoms with Gasteiger partial charge < -0.3 is 10.4 Å². The van der Waals surface area contributed by atoms with Crippen LogP contribution < -0.4 is 5.32 Å². The molecular formula is C11H14BrFN2O2S. The van der Waals surface area contributed by atoms with Crippen molar-refractivity contribution >= 4 is 40.5 Å². The molecule has 18 heavy (non-hydrogen) atoms. The fourth-order valence-corrected chi connectivity index (χ4v) is 1.61. The molecule has 7 heteroatoms. The van der Waals surface area contributed by atoms with Crippen LogP contribution in [0.1, 0.15) is 20.8 Å². The highest BCUT2D eigenvalue weighted by Gasteiger charge is 2.24. The van der Waals surface area contributed by atoms with E-state index in [0.717, 1.165) is 10.4 Å². The van der Waals surface area contributed by atoms with E-state index in [1.807, 2.05) is 0 Å². The molecular weight excluding hydrogens is 323 g/mol. The number of phenols is 1. The van der Waals surface area contributed by atoms with Crippen molar-refractivity contribution in [1.29, 1.82) is 0 Å². The van der Waals surface area contributed by atoms with Gasteiger partial charge in [-0.2, -0.15) is 0 Å². The fraction of sp³-hybridized carbons (Fsp3) is 0.364. The van der Waals surface area contributed by atoms with Crippen LogP contribution in [0.3, 0.4) is 0 Å². The average molecular weight is 337 g/mol. The number of anilines is 1. The molecule has 0 atom stereocenters. The molecule has 0 radical (unpaired) electrons. The molecule has 100 valence electrons. The summed E-state index contributed by atoms with van der Waals surface area (Å²) in [4.78, 5) is 11.8. The maximum atomic E-state index is 13.3. The van der Waals surface area contributed by atoms with Gasteiger partial charge in [-0.25, -0.2) is 9.18 Å². The van der Waals surface area contributed by atoms with E-state index in [1.54, 1.807) is 20.8 Å². The molecule has 0 fully saturated rings. The van der Waals surface area contributed by atoms with Crippen molar-refractivity contribution in [2.45, 2.75) is 26.3 Å². The summed E-state index contributed by atoms with van der Waals surface area (Å²) >= 11 is 7.13. The lowest BCUT2D eigenvalue weighted by Gasteiger charge is -2.30. The number of thiol groups is 1. The number of nitrogens with one attached hydrogen (secondary N) is 1. The molecule has 0 bridgehead atoms. The van der Waals surface area contributed by atoms with Crippen LogP contribution in [0.4, 0.5) is 14.9 Å². The van der Waals surface area contributed by atoms with E-state index in [-0.39, 0.29) is 5.69 Å². The Morgan fingerprint density at radius 2 is 2.06 bits per heavy atom. The molecule has 0 heterocycles. The van der Waals surface area contributed by atoms with Gasteiger partial charge in [0.25, 0.3) is 0 Å². The number of halogens is 2. The lowest BCUT2D eigenvalue weighted by Crippen LogP contribution is -2.41. The number of amides is 2. The highest BCUT2D eigenvalue weighted by Crippen LogP contribution is 2.31. The van der Waals surface area contributed by atoms with Gasteiger partial charge in [-0.1, -0.05) is 28.7 Å². The zero-order valence-electron chi connectivity index (χ0n) is 10.2. The highest BCUT2D eigenvalue weighted by molar-refractivity contribution is 9.10. The molecule has 1 aromatic rings. The van der Waals surface area contributed by atoms with Gasteiger partial charge in [0.2, 0.25) is 0 Å². The van der Waals surface area contributed by atoms with E-state index >= 15 is 0 Å². The van der Waals surface area contributed by atoms with Crippen molar-refractivity contribution in [3.63, 3.8) is 0 Å². The van der Waals surface area contributed by atoms with Gasteiger partial charge in [-0.15, -0.1) is 0 Å². The van der Waals surface area contributed by atoms with Crippen LogP contribution in [0, 0.1) is 5.82 Å². The number of nitrogens with zero attached hydrogens (tertiary/aromatic N) is 1. The molecule has 2 amide bonds. The lowest BCUT2D eigenvalue weighted by atomic mass is 10.1. The SMILES string of the molecule is CC(C)(C)N(S)C(=O)Nc1cc(Br)cc(F)c1O. The second-order valence-electron chi connectivity index (χ2n) is 4.70. The smallest absolute Gasteiger partial charge is 0.332 e. The summed E-state index contributed by atoms with van der Waals surface area (Å²) in [5.41, 5.74) is -0.525. The summed E-state index contributed by atoms with van der Waals surface area (Å²) in [5.74, 6) is -1.43. The number of rotatable bonds is 1. The van der Waals surface area contributed by atoms with Gasteiger partial charge in [0.15, 0.2) is 11.6 Å². The predicted molar refractivity (Wildman–Crippen MR) is 75.4 cm³/mol. The molecule has 0 saturated carbocycles. The number of hydrogen-bond donors (Lipinski definition) is 3. The Labute approximate surface area is 119 Å². The van der Waals surface area contributed by atoms with Crippen molar-refractivity contribution in [1.82, 2.24) is 4.31 Å². The molecule has 1 aromatic carbocycles. The van der Waals surface area contributed by atoms with Crippen LogP contribution in [0.15, 0.2) is 16.6 Å². The molecule has 0 aliphatic carbocycles. The summed E-state index contributed by atoms with van der Waals surface area (Å²) < 4.78 is 14.8. The topological polar surface area (TPSA) is 52.6 Å². The van der Waals surface area contributed by atoms with Crippen LogP contribution in [0.5, 0.6) is 5.75 Å². The number of benzene rings is 1. The zero-order valence-corrected chi connectivity index (χ0v) is 12.6. The first kappa shape index (κ1) is 15.1. The van der Waals surface area contributed by atoms with Gasteiger partial charge >= 0.3 is 6.03 Å². The van der Waals surface area contributed by atoms with Gasteiger partial charge in [0.05, 0.1) is 5.69 Å². The largest absolute Gasteiger partial charge is 0.503 e. The molecule has 1 rings (SSSR count). The number of urea groups is 1. The normalized spacial score (nSPS) is 11.2. The van der Waals surface area contributed by atoms with Gasteiger partial charge in [-0.3, -0.25) is 4.31 Å².